The molecule has 0 atom stereocenters. The fraction of sp³-hybridized carbons (Fsp3) is 0.222. The Morgan fingerprint density at radius 1 is 0.914 bits per heavy atom. The number of hydrogen-bond donors (Lipinski definition) is 0. The molecule has 1 saturated heterocycles. The first-order valence-electron chi connectivity index (χ1n) is 11.5. The minimum absolute atomic E-state index is 0.0386. The Kier molecular flexibility index (Phi) is 6.72. The summed E-state index contributed by atoms with van der Waals surface area (Å²) in [4.78, 5) is 35.5. The minimum Gasteiger partial charge on any atom is -0.495 e. The number of aromatic nitrogens is 2. The number of fused-ring (bicyclic) bond motifs is 1. The summed E-state index contributed by atoms with van der Waals surface area (Å²) < 4.78 is 7.06. The Labute approximate surface area is 208 Å². The van der Waals surface area contributed by atoms with Crippen molar-refractivity contribution in [1.29, 1.82) is 0 Å². The molecular formula is C27H26N4O3S. The quantitative estimate of drug-likeness (QED) is 0.305. The molecule has 1 aliphatic heterocycles. The van der Waals surface area contributed by atoms with Crippen molar-refractivity contribution in [2.45, 2.75) is 5.16 Å². The third kappa shape index (κ3) is 4.74. The standard InChI is InChI=1S/C27H26N4O3S/c1-34-24-14-8-7-13-23(24)31-26(33)21-11-5-6-12-22(21)28-27(31)35-19-25(32)30-17-15-29(16-18-30)20-9-3-2-4-10-20/h2-14H,15-19H2,1H3. The third-order valence-electron chi connectivity index (χ3n) is 6.15. The first kappa shape index (κ1) is 23.0. The van der Waals surface area contributed by atoms with Gasteiger partial charge in [0.2, 0.25) is 5.91 Å². The fourth-order valence-corrected chi connectivity index (χ4v) is 5.21. The van der Waals surface area contributed by atoms with Gasteiger partial charge in [-0.25, -0.2) is 4.98 Å². The predicted molar refractivity (Wildman–Crippen MR) is 140 cm³/mol. The van der Waals surface area contributed by atoms with Gasteiger partial charge in [-0.1, -0.05) is 54.2 Å². The van der Waals surface area contributed by atoms with E-state index in [9.17, 15) is 9.59 Å². The second kappa shape index (κ2) is 10.2. The maximum absolute atomic E-state index is 13.5. The zero-order chi connectivity index (χ0) is 24.2. The van der Waals surface area contributed by atoms with E-state index < -0.39 is 0 Å². The molecule has 4 aromatic rings. The number of amides is 1. The van der Waals surface area contributed by atoms with Crippen LogP contribution in [0.15, 0.2) is 88.8 Å². The van der Waals surface area contributed by atoms with Gasteiger partial charge in [0.15, 0.2) is 5.16 Å². The van der Waals surface area contributed by atoms with Crippen molar-refractivity contribution in [3.8, 4) is 11.4 Å². The van der Waals surface area contributed by atoms with Crippen LogP contribution in [-0.2, 0) is 4.79 Å². The number of thioether (sulfide) groups is 1. The molecule has 0 aliphatic carbocycles. The van der Waals surface area contributed by atoms with Gasteiger partial charge in [-0.15, -0.1) is 0 Å². The first-order chi connectivity index (χ1) is 17.2. The first-order valence-corrected chi connectivity index (χ1v) is 12.5. The SMILES string of the molecule is COc1ccccc1-n1c(SCC(=O)N2CCN(c3ccccc3)CC2)nc2ccccc2c1=O. The Morgan fingerprint density at radius 3 is 2.37 bits per heavy atom. The van der Waals surface area contributed by atoms with Crippen molar-refractivity contribution in [1.82, 2.24) is 14.5 Å². The van der Waals surface area contributed by atoms with Crippen LogP contribution in [-0.4, -0.2) is 59.4 Å². The maximum atomic E-state index is 13.5. The molecule has 1 fully saturated rings. The molecule has 0 bridgehead atoms. The summed E-state index contributed by atoms with van der Waals surface area (Å²) in [7, 11) is 1.57. The van der Waals surface area contributed by atoms with Crippen molar-refractivity contribution in [2.24, 2.45) is 0 Å². The highest BCUT2D eigenvalue weighted by molar-refractivity contribution is 7.99. The highest BCUT2D eigenvalue weighted by Gasteiger charge is 2.23. The average Bonchev–Trinajstić information content (AvgIpc) is 2.92. The number of anilines is 1. The van der Waals surface area contributed by atoms with E-state index in [2.05, 4.69) is 17.0 Å². The highest BCUT2D eigenvalue weighted by Crippen LogP contribution is 2.27. The van der Waals surface area contributed by atoms with Crippen LogP contribution in [0.3, 0.4) is 0 Å². The molecule has 1 amide bonds. The third-order valence-corrected chi connectivity index (χ3v) is 7.07. The molecule has 0 N–H and O–H groups in total. The molecule has 0 spiro atoms. The molecule has 35 heavy (non-hydrogen) atoms. The fourth-order valence-electron chi connectivity index (χ4n) is 4.31. The van der Waals surface area contributed by atoms with Crippen LogP contribution in [0.5, 0.6) is 5.75 Å². The van der Waals surface area contributed by atoms with Crippen molar-refractivity contribution in [2.75, 3.05) is 43.9 Å². The van der Waals surface area contributed by atoms with Crippen molar-refractivity contribution in [3.63, 3.8) is 0 Å². The van der Waals surface area contributed by atoms with Gasteiger partial charge < -0.3 is 14.5 Å². The number of piperazine rings is 1. The molecule has 3 aromatic carbocycles. The Balaban J connectivity index is 1.37. The van der Waals surface area contributed by atoms with Crippen molar-refractivity contribution >= 4 is 34.3 Å². The molecule has 2 heterocycles. The van der Waals surface area contributed by atoms with E-state index in [0.717, 1.165) is 13.1 Å². The monoisotopic (exact) mass is 486 g/mol. The van der Waals surface area contributed by atoms with Crippen LogP contribution in [0, 0.1) is 0 Å². The minimum atomic E-state index is -0.188. The van der Waals surface area contributed by atoms with E-state index in [-0.39, 0.29) is 17.2 Å². The summed E-state index contributed by atoms with van der Waals surface area (Å²) in [6.45, 7) is 2.92. The zero-order valence-electron chi connectivity index (χ0n) is 19.5. The van der Waals surface area contributed by atoms with Gasteiger partial charge in [0.1, 0.15) is 5.75 Å². The summed E-state index contributed by atoms with van der Waals surface area (Å²) in [6.07, 6.45) is 0. The van der Waals surface area contributed by atoms with Crippen molar-refractivity contribution < 1.29 is 9.53 Å². The summed E-state index contributed by atoms with van der Waals surface area (Å²) in [6, 6.07) is 24.9. The van der Waals surface area contributed by atoms with Crippen LogP contribution in [0.2, 0.25) is 0 Å². The number of carbonyl (C=O) groups excluding carboxylic acids is 1. The van der Waals surface area contributed by atoms with Crippen LogP contribution in [0.25, 0.3) is 16.6 Å². The van der Waals surface area contributed by atoms with Gasteiger partial charge in [0.05, 0.1) is 29.5 Å². The number of ether oxygens (including phenoxy) is 1. The molecule has 5 rings (SSSR count). The van der Waals surface area contributed by atoms with Gasteiger partial charge >= 0.3 is 0 Å². The summed E-state index contributed by atoms with van der Waals surface area (Å²) >= 11 is 1.28. The molecule has 0 radical (unpaired) electrons. The Hall–Kier alpha value is -3.78. The largest absolute Gasteiger partial charge is 0.495 e. The van der Waals surface area contributed by atoms with Gasteiger partial charge in [-0.05, 0) is 36.4 Å². The highest BCUT2D eigenvalue weighted by atomic mass is 32.2. The Morgan fingerprint density at radius 2 is 1.60 bits per heavy atom. The number of para-hydroxylation sites is 4. The van der Waals surface area contributed by atoms with Gasteiger partial charge in [-0.2, -0.15) is 0 Å². The molecule has 8 heteroatoms. The van der Waals surface area contributed by atoms with E-state index in [1.54, 1.807) is 17.7 Å². The predicted octanol–water partition coefficient (Wildman–Crippen LogP) is 3.84. The molecule has 178 valence electrons. The number of rotatable bonds is 6. The second-order valence-electron chi connectivity index (χ2n) is 8.22. The van der Waals surface area contributed by atoms with Crippen LogP contribution >= 0.6 is 11.8 Å². The van der Waals surface area contributed by atoms with Gasteiger partial charge in [0, 0.05) is 31.9 Å². The topological polar surface area (TPSA) is 67.7 Å². The molecule has 1 aromatic heterocycles. The van der Waals surface area contributed by atoms with Crippen LogP contribution in [0.4, 0.5) is 5.69 Å². The van der Waals surface area contributed by atoms with E-state index >= 15 is 0 Å². The number of carbonyl (C=O) groups is 1. The molecule has 7 nitrogen and oxygen atoms in total. The van der Waals surface area contributed by atoms with E-state index in [1.165, 1.54) is 17.4 Å². The van der Waals surface area contributed by atoms with E-state index in [4.69, 9.17) is 9.72 Å². The summed E-state index contributed by atoms with van der Waals surface area (Å²) in [5.41, 5.74) is 2.20. The maximum Gasteiger partial charge on any atom is 0.266 e. The normalized spacial score (nSPS) is 13.7. The average molecular weight is 487 g/mol. The van der Waals surface area contributed by atoms with E-state index in [1.807, 2.05) is 65.6 Å². The molecule has 0 saturated carbocycles. The molecule has 0 unspecified atom stereocenters. The summed E-state index contributed by atoms with van der Waals surface area (Å²) in [5.74, 6) is 0.805. The van der Waals surface area contributed by atoms with Crippen LogP contribution in [0.1, 0.15) is 0 Å². The number of hydrogen-bond acceptors (Lipinski definition) is 6. The van der Waals surface area contributed by atoms with Crippen LogP contribution < -0.4 is 15.2 Å². The lowest BCUT2D eigenvalue weighted by molar-refractivity contribution is -0.128. The zero-order valence-corrected chi connectivity index (χ0v) is 20.3. The molecular weight excluding hydrogens is 460 g/mol. The lowest BCUT2D eigenvalue weighted by Crippen LogP contribution is -2.49. The lowest BCUT2D eigenvalue weighted by Gasteiger charge is -2.36. The van der Waals surface area contributed by atoms with Crippen molar-refractivity contribution in [3.05, 3.63) is 89.2 Å². The van der Waals surface area contributed by atoms with Gasteiger partial charge in [0.25, 0.3) is 5.56 Å². The van der Waals surface area contributed by atoms with E-state index in [0.29, 0.717) is 40.6 Å². The lowest BCUT2D eigenvalue weighted by atomic mass is 10.2. The smallest absolute Gasteiger partial charge is 0.266 e. The number of benzene rings is 3. The second-order valence-corrected chi connectivity index (χ2v) is 9.16. The number of nitrogens with zero attached hydrogens (tertiary/aromatic N) is 4. The molecule has 1 aliphatic rings. The van der Waals surface area contributed by atoms with Gasteiger partial charge in [-0.3, -0.25) is 14.2 Å². The summed E-state index contributed by atoms with van der Waals surface area (Å²) in [5, 5.41) is 0.987. The Bertz CT molecular complexity index is 1400. The number of methoxy groups -OCH3 is 1.